The molecule has 178 valence electrons. The van der Waals surface area contributed by atoms with E-state index in [4.69, 9.17) is 9.15 Å². The molecule has 0 amide bonds. The molecule has 0 aromatic heterocycles. The van der Waals surface area contributed by atoms with Crippen LogP contribution >= 0.6 is 12.4 Å². The van der Waals surface area contributed by atoms with Crippen LogP contribution in [0.25, 0.3) is 33.4 Å². The first-order valence-corrected chi connectivity index (χ1v) is 11.5. The van der Waals surface area contributed by atoms with Gasteiger partial charge in [-0.3, -0.25) is 4.99 Å². The zero-order valence-electron chi connectivity index (χ0n) is 20.3. The summed E-state index contributed by atoms with van der Waals surface area (Å²) in [5.41, 5.74) is 7.25. The second-order valence-electron chi connectivity index (χ2n) is 8.05. The molecule has 0 bridgehead atoms. The van der Waals surface area contributed by atoms with Crippen molar-refractivity contribution in [1.29, 1.82) is 0 Å². The van der Waals surface area contributed by atoms with E-state index >= 15 is 0 Å². The second kappa shape index (κ2) is 10.7. The van der Waals surface area contributed by atoms with Crippen molar-refractivity contribution in [2.45, 2.75) is 34.6 Å². The molecule has 0 spiro atoms. The van der Waals surface area contributed by atoms with Gasteiger partial charge in [-0.25, -0.2) is 4.79 Å². The number of carbonyl (C=O) groups is 1. The van der Waals surface area contributed by atoms with Crippen LogP contribution in [0.5, 0.6) is 0 Å². The third kappa shape index (κ3) is 4.66. The number of hydrogen-bond donors (Lipinski definition) is 1. The summed E-state index contributed by atoms with van der Waals surface area (Å²) in [5.74, 6) is 0.408. The van der Waals surface area contributed by atoms with Gasteiger partial charge in [0, 0.05) is 47.4 Å². The topological polar surface area (TPSA) is 63.8 Å². The molecule has 34 heavy (non-hydrogen) atoms. The Bertz CT molecular complexity index is 1370. The van der Waals surface area contributed by atoms with Crippen LogP contribution in [0.2, 0.25) is 0 Å². The highest BCUT2D eigenvalue weighted by Gasteiger charge is 2.23. The quantitative estimate of drug-likeness (QED) is 0.245. The number of benzene rings is 3. The lowest BCUT2D eigenvalue weighted by Gasteiger charge is -2.19. The van der Waals surface area contributed by atoms with Crippen molar-refractivity contribution in [3.63, 3.8) is 0 Å². The fourth-order valence-electron chi connectivity index (χ4n) is 4.29. The summed E-state index contributed by atoms with van der Waals surface area (Å²) >= 11 is 0. The number of aryl methyl sites for hydroxylation is 2. The Kier molecular flexibility index (Phi) is 8.00. The highest BCUT2D eigenvalue weighted by atomic mass is 35.5. The molecule has 2 aromatic carbocycles. The minimum Gasteiger partial charge on any atom is -0.462 e. The van der Waals surface area contributed by atoms with E-state index in [1.165, 1.54) is 0 Å². The maximum Gasteiger partial charge on any atom is 0.338 e. The highest BCUT2D eigenvalue weighted by Crippen LogP contribution is 2.43. The minimum absolute atomic E-state index is 0. The van der Waals surface area contributed by atoms with Gasteiger partial charge < -0.3 is 14.5 Å². The van der Waals surface area contributed by atoms with E-state index in [9.17, 15) is 4.79 Å². The van der Waals surface area contributed by atoms with Gasteiger partial charge in [0.25, 0.3) is 0 Å². The number of esters is 1. The van der Waals surface area contributed by atoms with Crippen LogP contribution in [0.4, 0.5) is 5.69 Å². The summed E-state index contributed by atoms with van der Waals surface area (Å²) in [6, 6.07) is 15.9. The van der Waals surface area contributed by atoms with Gasteiger partial charge in [-0.2, -0.15) is 0 Å². The van der Waals surface area contributed by atoms with Crippen molar-refractivity contribution in [2.75, 3.05) is 25.0 Å². The molecule has 0 saturated carbocycles. The lowest BCUT2D eigenvalue weighted by atomic mass is 9.89. The SMILES string of the molecule is CC/N=c1\cc2oc3cc(NCC)c(C)cc3c(-c3ccccc3C(=O)OCC)c-2cc1C.Cl. The molecule has 0 fully saturated rings. The Morgan fingerprint density at radius 1 is 1.00 bits per heavy atom. The number of halogens is 1. The fourth-order valence-corrected chi connectivity index (χ4v) is 4.29. The first-order chi connectivity index (χ1) is 16.0. The average molecular weight is 479 g/mol. The van der Waals surface area contributed by atoms with E-state index < -0.39 is 0 Å². The molecule has 1 N–H and O–H groups in total. The van der Waals surface area contributed by atoms with Crippen molar-refractivity contribution in [2.24, 2.45) is 4.99 Å². The number of fused-ring (bicyclic) bond motifs is 2. The van der Waals surface area contributed by atoms with Crippen molar-refractivity contribution in [3.8, 4) is 22.5 Å². The zero-order chi connectivity index (χ0) is 23.5. The van der Waals surface area contributed by atoms with Crippen molar-refractivity contribution in [3.05, 3.63) is 70.6 Å². The van der Waals surface area contributed by atoms with Gasteiger partial charge in [-0.1, -0.05) is 18.2 Å². The van der Waals surface area contributed by atoms with Crippen LogP contribution in [-0.2, 0) is 4.74 Å². The number of nitrogens with zero attached hydrogens (tertiary/aromatic N) is 1. The Labute approximate surface area is 206 Å². The van der Waals surface area contributed by atoms with Crippen molar-refractivity contribution < 1.29 is 13.9 Å². The molecule has 0 unspecified atom stereocenters. The number of nitrogens with one attached hydrogen (secondary N) is 1. The molecule has 1 aliphatic carbocycles. The summed E-state index contributed by atoms with van der Waals surface area (Å²) in [4.78, 5) is 17.5. The molecular weight excluding hydrogens is 448 g/mol. The fraction of sp³-hybridized carbons (Fsp3) is 0.286. The molecule has 2 aromatic rings. The molecule has 0 radical (unpaired) electrons. The van der Waals surface area contributed by atoms with E-state index in [1.807, 2.05) is 50.2 Å². The van der Waals surface area contributed by atoms with E-state index in [1.54, 1.807) is 0 Å². The summed E-state index contributed by atoms with van der Waals surface area (Å²) in [7, 11) is 0. The van der Waals surface area contributed by atoms with E-state index in [0.717, 1.165) is 62.1 Å². The Hall–Kier alpha value is -3.31. The zero-order valence-corrected chi connectivity index (χ0v) is 21.1. The number of carbonyl (C=O) groups excluding carboxylic acids is 1. The van der Waals surface area contributed by atoms with Crippen LogP contribution in [-0.4, -0.2) is 25.7 Å². The minimum atomic E-state index is -0.328. The lowest BCUT2D eigenvalue weighted by molar-refractivity contribution is 0.0527. The standard InChI is InChI=1S/C28H30N2O3.ClH/c1-6-29-23-15-25-21(13-17(23)4)27(19-11-9-10-12-20(19)28(31)32-8-3)22-14-18(5)24(30-7-2)16-26(22)33-25;/h9-16,29H,6-8H2,1-5H3;1H/b30-24+;. The summed E-state index contributed by atoms with van der Waals surface area (Å²) in [6.07, 6.45) is 0. The lowest BCUT2D eigenvalue weighted by Crippen LogP contribution is -2.10. The summed E-state index contributed by atoms with van der Waals surface area (Å²) in [6.45, 7) is 11.9. The Balaban J connectivity index is 0.00000324. The Morgan fingerprint density at radius 3 is 2.47 bits per heavy atom. The van der Waals surface area contributed by atoms with Gasteiger partial charge >= 0.3 is 5.97 Å². The molecule has 5 nitrogen and oxygen atoms in total. The maximum absolute atomic E-state index is 12.9. The monoisotopic (exact) mass is 478 g/mol. The van der Waals surface area contributed by atoms with Gasteiger partial charge in [0.2, 0.25) is 0 Å². The molecule has 0 saturated heterocycles. The second-order valence-corrected chi connectivity index (χ2v) is 8.05. The number of ether oxygens (including phenoxy) is 1. The van der Waals surface area contributed by atoms with E-state index in [0.29, 0.717) is 18.7 Å². The first-order valence-electron chi connectivity index (χ1n) is 11.5. The van der Waals surface area contributed by atoms with Crippen molar-refractivity contribution in [1.82, 2.24) is 0 Å². The first kappa shape index (κ1) is 25.3. The average Bonchev–Trinajstić information content (AvgIpc) is 2.80. The molecule has 1 aliphatic heterocycles. The summed E-state index contributed by atoms with van der Waals surface area (Å²) < 4.78 is 11.8. The summed E-state index contributed by atoms with van der Waals surface area (Å²) in [5, 5.41) is 5.28. The van der Waals surface area contributed by atoms with Crippen LogP contribution in [0.3, 0.4) is 0 Å². The third-order valence-electron chi connectivity index (χ3n) is 5.77. The third-order valence-corrected chi connectivity index (χ3v) is 5.77. The van der Waals surface area contributed by atoms with E-state index in [2.05, 4.69) is 43.2 Å². The maximum atomic E-state index is 12.9. The number of hydrogen-bond acceptors (Lipinski definition) is 5. The van der Waals surface area contributed by atoms with Gasteiger partial charge in [-0.05, 0) is 69.5 Å². The molecule has 2 aliphatic rings. The normalized spacial score (nSPS) is 11.5. The molecule has 4 rings (SSSR count). The van der Waals surface area contributed by atoms with Crippen LogP contribution in [0.1, 0.15) is 42.3 Å². The van der Waals surface area contributed by atoms with Crippen LogP contribution in [0.15, 0.2) is 57.9 Å². The number of rotatable bonds is 6. The largest absolute Gasteiger partial charge is 0.462 e. The highest BCUT2D eigenvalue weighted by molar-refractivity contribution is 6.08. The predicted molar refractivity (Wildman–Crippen MR) is 141 cm³/mol. The molecule has 0 atom stereocenters. The molecular formula is C28H31ClN2O3. The van der Waals surface area contributed by atoms with Gasteiger partial charge in [0.1, 0.15) is 11.3 Å². The molecule has 6 heteroatoms. The van der Waals surface area contributed by atoms with Gasteiger partial charge in [0.15, 0.2) is 0 Å². The van der Waals surface area contributed by atoms with Crippen LogP contribution in [0, 0.1) is 13.8 Å². The Morgan fingerprint density at radius 2 is 1.76 bits per heavy atom. The van der Waals surface area contributed by atoms with E-state index in [-0.39, 0.29) is 18.4 Å². The smallest absolute Gasteiger partial charge is 0.338 e. The van der Waals surface area contributed by atoms with Crippen LogP contribution < -0.4 is 10.7 Å². The van der Waals surface area contributed by atoms with Crippen molar-refractivity contribution >= 4 is 35.0 Å². The van der Waals surface area contributed by atoms with Gasteiger partial charge in [-0.15, -0.1) is 12.4 Å². The predicted octanol–water partition coefficient (Wildman–Crippen LogP) is 6.77. The molecule has 1 heterocycles. The van der Waals surface area contributed by atoms with Gasteiger partial charge in [0.05, 0.1) is 17.5 Å². The number of anilines is 1.